The summed E-state index contributed by atoms with van der Waals surface area (Å²) in [7, 11) is 2.21. The molecule has 11 aromatic rings. The van der Waals surface area contributed by atoms with Gasteiger partial charge in [-0.1, -0.05) is 133 Å². The van der Waals surface area contributed by atoms with Crippen molar-refractivity contribution in [3.8, 4) is 16.8 Å². The zero-order valence-corrected chi connectivity index (χ0v) is 39.7. The Labute approximate surface area is 394 Å². The Balaban J connectivity index is 1.12. The summed E-state index contributed by atoms with van der Waals surface area (Å²) < 4.78 is 12.1. The SMILES string of the molecule is C=C1C=C(c2ccccc2)N(C)c2cc3c(cc21)B1c2c(ccc4c5cc6sc7ccccc7c6cc5n-3c24)-c2cc3c(cc2N1c1ccc(C(C)(C)C)cc1)oc1ccc(C(C)(C)C)cc13. The van der Waals surface area contributed by atoms with E-state index in [4.69, 9.17) is 11.0 Å². The van der Waals surface area contributed by atoms with Gasteiger partial charge in [0.15, 0.2) is 0 Å². The number of allylic oxidation sites excluding steroid dienone is 2. The minimum atomic E-state index is -0.155. The van der Waals surface area contributed by atoms with E-state index in [2.05, 4.69) is 215 Å². The second kappa shape index (κ2) is 13.2. The predicted octanol–water partition coefficient (Wildman–Crippen LogP) is 15.4. The van der Waals surface area contributed by atoms with Crippen molar-refractivity contribution < 1.29 is 4.42 Å². The monoisotopic (exact) mass is 881 g/mol. The molecular formula is C61H48BN3OS. The fourth-order valence-corrected chi connectivity index (χ4v) is 12.8. The highest BCUT2D eigenvalue weighted by atomic mass is 32.1. The van der Waals surface area contributed by atoms with Crippen LogP contribution in [0.4, 0.5) is 17.1 Å². The average Bonchev–Trinajstić information content (AvgIpc) is 3.98. The van der Waals surface area contributed by atoms with E-state index >= 15 is 0 Å². The maximum absolute atomic E-state index is 6.84. The molecule has 0 N–H and O–H groups in total. The lowest BCUT2D eigenvalue weighted by Gasteiger charge is -2.43. The Hall–Kier alpha value is -7.28. The number of aromatic nitrogens is 1. The van der Waals surface area contributed by atoms with Crippen LogP contribution in [0.3, 0.4) is 0 Å². The molecule has 0 saturated carbocycles. The molecule has 67 heavy (non-hydrogen) atoms. The van der Waals surface area contributed by atoms with Crippen molar-refractivity contribution in [2.24, 2.45) is 0 Å². The first-order valence-corrected chi connectivity index (χ1v) is 24.3. The van der Waals surface area contributed by atoms with E-state index in [1.54, 1.807) is 0 Å². The zero-order chi connectivity index (χ0) is 45.4. The zero-order valence-electron chi connectivity index (χ0n) is 38.9. The number of fused-ring (bicyclic) bond motifs is 15. The number of nitrogens with zero attached hydrogens (tertiary/aromatic N) is 3. The molecule has 6 heterocycles. The topological polar surface area (TPSA) is 24.6 Å². The van der Waals surface area contributed by atoms with Gasteiger partial charge in [-0.15, -0.1) is 11.3 Å². The maximum atomic E-state index is 6.84. The first-order valence-electron chi connectivity index (χ1n) is 23.5. The van der Waals surface area contributed by atoms with Gasteiger partial charge in [-0.2, -0.15) is 0 Å². The minimum absolute atomic E-state index is 0.00420. The van der Waals surface area contributed by atoms with Gasteiger partial charge < -0.3 is 18.7 Å². The van der Waals surface area contributed by atoms with E-state index in [1.807, 2.05) is 11.3 Å². The molecule has 0 bridgehead atoms. The molecule has 0 radical (unpaired) electrons. The molecule has 3 aliphatic rings. The van der Waals surface area contributed by atoms with Crippen LogP contribution < -0.4 is 20.6 Å². The number of hydrogen-bond acceptors (Lipinski definition) is 4. The average molecular weight is 882 g/mol. The van der Waals surface area contributed by atoms with Crippen molar-refractivity contribution in [2.45, 2.75) is 52.4 Å². The van der Waals surface area contributed by atoms with Crippen molar-refractivity contribution in [3.05, 3.63) is 181 Å². The molecule has 0 fully saturated rings. The molecule has 0 spiro atoms. The van der Waals surface area contributed by atoms with Crippen LogP contribution in [0.25, 0.3) is 92.0 Å². The second-order valence-electron chi connectivity index (χ2n) is 21.1. The van der Waals surface area contributed by atoms with Gasteiger partial charge in [0.05, 0.1) is 16.7 Å². The van der Waals surface area contributed by atoms with Crippen LogP contribution in [0.5, 0.6) is 0 Å². The van der Waals surface area contributed by atoms with Gasteiger partial charge in [0, 0.05) is 88.7 Å². The van der Waals surface area contributed by atoms with Gasteiger partial charge in [0.1, 0.15) is 11.2 Å². The third kappa shape index (κ3) is 5.36. The fourth-order valence-electron chi connectivity index (χ4n) is 11.7. The molecule has 4 nitrogen and oxygen atoms in total. The van der Waals surface area contributed by atoms with Crippen molar-refractivity contribution in [1.82, 2.24) is 4.57 Å². The fraction of sp³-hybridized carbons (Fsp3) is 0.148. The number of hydrogen-bond donors (Lipinski definition) is 0. The van der Waals surface area contributed by atoms with Crippen molar-refractivity contribution in [3.63, 3.8) is 0 Å². The van der Waals surface area contributed by atoms with Crippen molar-refractivity contribution >= 4 is 121 Å². The minimum Gasteiger partial charge on any atom is -0.456 e. The van der Waals surface area contributed by atoms with E-state index in [0.717, 1.165) is 55.8 Å². The van der Waals surface area contributed by atoms with Crippen molar-refractivity contribution in [2.75, 3.05) is 16.8 Å². The predicted molar refractivity (Wildman–Crippen MR) is 289 cm³/mol. The van der Waals surface area contributed by atoms with Crippen LogP contribution >= 0.6 is 11.3 Å². The van der Waals surface area contributed by atoms with Crippen LogP contribution in [-0.2, 0) is 10.8 Å². The van der Waals surface area contributed by atoms with Gasteiger partial charge in [-0.25, -0.2) is 0 Å². The van der Waals surface area contributed by atoms with Crippen LogP contribution in [0, 0.1) is 0 Å². The smallest absolute Gasteiger partial charge is 0.333 e. The number of thiophene rings is 1. The second-order valence-corrected chi connectivity index (χ2v) is 22.2. The van der Waals surface area contributed by atoms with Crippen LogP contribution in [-0.4, -0.2) is 18.5 Å². The Morgan fingerprint density at radius 2 is 1.30 bits per heavy atom. The summed E-state index contributed by atoms with van der Waals surface area (Å²) in [5, 5.41) is 7.47. The van der Waals surface area contributed by atoms with Gasteiger partial charge in [0.2, 0.25) is 0 Å². The van der Waals surface area contributed by atoms with E-state index in [-0.39, 0.29) is 17.7 Å². The lowest BCUT2D eigenvalue weighted by atomic mass is 9.43. The number of rotatable bonds is 2. The largest absolute Gasteiger partial charge is 0.456 e. The van der Waals surface area contributed by atoms with Crippen molar-refractivity contribution in [1.29, 1.82) is 0 Å². The first kappa shape index (κ1) is 38.9. The first-order chi connectivity index (χ1) is 32.3. The summed E-state index contributed by atoms with van der Waals surface area (Å²) in [5.41, 5.74) is 21.1. The third-order valence-corrected chi connectivity index (χ3v) is 16.3. The molecule has 0 saturated heterocycles. The summed E-state index contributed by atoms with van der Waals surface area (Å²) in [5.74, 6) is 0. The highest BCUT2D eigenvalue weighted by Gasteiger charge is 2.45. The molecule has 6 heteroatoms. The highest BCUT2D eigenvalue weighted by molar-refractivity contribution is 7.25. The Kier molecular flexibility index (Phi) is 7.68. The standard InChI is InChI=1S/C61H48BN3OS/c1-34-26-49(35-14-10-9-11-15-35)63(8)50-32-53-48(29-42(34)50)62-58-40(23-24-41-44-31-57-47(30-51(44)64(53)59(41)58)39-16-12-13-17-56(39)67-57)43-28-46-45-27-37(61(5,6)7)20-25-54(45)66-55(46)33-52(43)65(62)38-21-18-36(19-22-38)60(2,3)4/h9-33H,1H2,2-8H3. The summed E-state index contributed by atoms with van der Waals surface area (Å²) in [4.78, 5) is 4.98. The molecule has 3 aliphatic heterocycles. The molecule has 0 aliphatic carbocycles. The molecule has 3 aromatic heterocycles. The van der Waals surface area contributed by atoms with E-state index in [0.29, 0.717) is 0 Å². The number of furan rings is 1. The van der Waals surface area contributed by atoms with E-state index in [1.165, 1.54) is 86.4 Å². The molecule has 0 unspecified atom stereocenters. The lowest BCUT2D eigenvalue weighted by molar-refractivity contribution is 0.590. The highest BCUT2D eigenvalue weighted by Crippen LogP contribution is 2.50. The Morgan fingerprint density at radius 3 is 2.09 bits per heavy atom. The Morgan fingerprint density at radius 1 is 0.552 bits per heavy atom. The molecular weight excluding hydrogens is 834 g/mol. The van der Waals surface area contributed by atoms with E-state index < -0.39 is 0 Å². The molecule has 14 rings (SSSR count). The molecule has 8 aromatic carbocycles. The summed E-state index contributed by atoms with van der Waals surface area (Å²) in [6.45, 7) is 18.3. The Bertz CT molecular complexity index is 4040. The van der Waals surface area contributed by atoms with Gasteiger partial charge in [-0.3, -0.25) is 0 Å². The normalized spacial score (nSPS) is 14.5. The third-order valence-electron chi connectivity index (χ3n) is 15.1. The number of anilines is 3. The lowest BCUT2D eigenvalue weighted by Crippen LogP contribution is -2.60. The van der Waals surface area contributed by atoms with Crippen LogP contribution in [0.15, 0.2) is 163 Å². The van der Waals surface area contributed by atoms with E-state index in [9.17, 15) is 0 Å². The number of benzene rings is 8. The molecule has 0 atom stereocenters. The summed E-state index contributed by atoms with van der Waals surface area (Å²) in [6.07, 6.45) is 2.26. The summed E-state index contributed by atoms with van der Waals surface area (Å²) in [6, 6.07) is 55.1. The van der Waals surface area contributed by atoms with Gasteiger partial charge in [-0.05, 0) is 110 Å². The van der Waals surface area contributed by atoms with Crippen LogP contribution in [0.1, 0.15) is 63.8 Å². The van der Waals surface area contributed by atoms with Gasteiger partial charge >= 0.3 is 6.85 Å². The van der Waals surface area contributed by atoms with Gasteiger partial charge in [0.25, 0.3) is 0 Å². The molecule has 0 amide bonds. The van der Waals surface area contributed by atoms with Crippen LogP contribution in [0.2, 0.25) is 0 Å². The maximum Gasteiger partial charge on any atom is 0.333 e. The quantitative estimate of drug-likeness (QED) is 0.162. The summed E-state index contributed by atoms with van der Waals surface area (Å²) >= 11 is 1.89. The molecule has 322 valence electrons.